The molecule has 0 spiro atoms. The third-order valence-electron chi connectivity index (χ3n) is 5.15. The quantitative estimate of drug-likeness (QED) is 0.863. The van der Waals surface area contributed by atoms with E-state index in [-0.39, 0.29) is 11.8 Å². The Balaban J connectivity index is 1.71. The van der Waals surface area contributed by atoms with Crippen molar-refractivity contribution in [2.45, 2.75) is 71.5 Å². The molecule has 2 heterocycles. The van der Waals surface area contributed by atoms with Crippen molar-refractivity contribution < 1.29 is 4.79 Å². The summed E-state index contributed by atoms with van der Waals surface area (Å²) in [5, 5.41) is 3.19. The van der Waals surface area contributed by atoms with Gasteiger partial charge in [0, 0.05) is 37.1 Å². The van der Waals surface area contributed by atoms with Gasteiger partial charge in [-0.1, -0.05) is 13.8 Å². The molecule has 0 saturated carbocycles. The summed E-state index contributed by atoms with van der Waals surface area (Å²) < 4.78 is 0. The lowest BCUT2D eigenvalue weighted by Crippen LogP contribution is -2.52. The molecule has 4 heteroatoms. The largest absolute Gasteiger partial charge is 0.353 e. The van der Waals surface area contributed by atoms with Crippen LogP contribution in [0.2, 0.25) is 0 Å². The van der Waals surface area contributed by atoms with E-state index in [1.165, 1.54) is 25.9 Å². The van der Waals surface area contributed by atoms with Gasteiger partial charge in [0.2, 0.25) is 5.91 Å². The molecule has 1 amide bonds. The minimum Gasteiger partial charge on any atom is -0.353 e. The second-order valence-corrected chi connectivity index (χ2v) is 7.33. The molecule has 0 bridgehead atoms. The third-order valence-corrected chi connectivity index (χ3v) is 5.15. The number of nitrogens with zero attached hydrogens (tertiary/aromatic N) is 2. The minimum absolute atomic E-state index is 0.100. The summed E-state index contributed by atoms with van der Waals surface area (Å²) in [6, 6.07) is 1.84. The number of rotatable bonds is 4. The lowest BCUT2D eigenvalue weighted by Gasteiger charge is -2.42. The average molecular weight is 295 g/mol. The van der Waals surface area contributed by atoms with Crippen LogP contribution in [0.1, 0.15) is 53.4 Å². The van der Waals surface area contributed by atoms with Gasteiger partial charge in [0.15, 0.2) is 0 Å². The number of hydrogen-bond acceptors (Lipinski definition) is 3. The first-order valence-electron chi connectivity index (χ1n) is 8.76. The average Bonchev–Trinajstić information content (AvgIpc) is 2.48. The molecule has 2 aliphatic heterocycles. The van der Waals surface area contributed by atoms with Crippen LogP contribution >= 0.6 is 0 Å². The van der Waals surface area contributed by atoms with Crippen molar-refractivity contribution in [3.05, 3.63) is 0 Å². The minimum atomic E-state index is 0.100. The van der Waals surface area contributed by atoms with Gasteiger partial charge < -0.3 is 15.1 Å². The number of likely N-dealkylation sites (tertiary alicyclic amines) is 2. The number of carbonyl (C=O) groups is 1. The highest BCUT2D eigenvalue weighted by Crippen LogP contribution is 2.22. The Labute approximate surface area is 130 Å². The molecule has 21 heavy (non-hydrogen) atoms. The molecule has 0 aromatic carbocycles. The van der Waals surface area contributed by atoms with Crippen LogP contribution in [-0.2, 0) is 4.79 Å². The maximum absolute atomic E-state index is 11.8. The molecular formula is C17H33N3O. The highest BCUT2D eigenvalue weighted by atomic mass is 16.1. The van der Waals surface area contributed by atoms with E-state index >= 15 is 0 Å². The predicted molar refractivity (Wildman–Crippen MR) is 87.3 cm³/mol. The van der Waals surface area contributed by atoms with Crippen LogP contribution in [0.4, 0.5) is 0 Å². The van der Waals surface area contributed by atoms with E-state index in [1.807, 2.05) is 13.8 Å². The summed E-state index contributed by atoms with van der Waals surface area (Å²) in [4.78, 5) is 17.0. The molecule has 2 fully saturated rings. The fourth-order valence-electron chi connectivity index (χ4n) is 3.54. The van der Waals surface area contributed by atoms with Crippen LogP contribution in [0.25, 0.3) is 0 Å². The summed E-state index contributed by atoms with van der Waals surface area (Å²) in [5.41, 5.74) is 0. The van der Waals surface area contributed by atoms with E-state index < -0.39 is 0 Å². The molecule has 0 aromatic heterocycles. The van der Waals surface area contributed by atoms with Crippen LogP contribution in [-0.4, -0.2) is 60.0 Å². The van der Waals surface area contributed by atoms with Gasteiger partial charge in [0.05, 0.1) is 0 Å². The standard InChI is InChI=1S/C17H33N3O/c1-13(2)17(21)18-15-5-9-20(10-6-15)16-7-11-19(12-8-16)14(3)4/h13-16H,5-12H2,1-4H3,(H,18,21). The van der Waals surface area contributed by atoms with E-state index in [0.29, 0.717) is 12.1 Å². The monoisotopic (exact) mass is 295 g/mol. The number of carbonyl (C=O) groups excluding carboxylic acids is 1. The Morgan fingerprint density at radius 1 is 0.952 bits per heavy atom. The van der Waals surface area contributed by atoms with Gasteiger partial charge in [0.25, 0.3) is 0 Å². The highest BCUT2D eigenvalue weighted by Gasteiger charge is 2.29. The number of piperidine rings is 2. The second kappa shape index (κ2) is 7.59. The van der Waals surface area contributed by atoms with E-state index in [4.69, 9.17) is 0 Å². The zero-order valence-corrected chi connectivity index (χ0v) is 14.3. The molecule has 1 N–H and O–H groups in total. The van der Waals surface area contributed by atoms with Crippen LogP contribution in [0, 0.1) is 5.92 Å². The van der Waals surface area contributed by atoms with Crippen molar-refractivity contribution in [2.75, 3.05) is 26.2 Å². The van der Waals surface area contributed by atoms with Crippen molar-refractivity contribution in [2.24, 2.45) is 5.92 Å². The molecule has 0 atom stereocenters. The summed E-state index contributed by atoms with van der Waals surface area (Å²) in [7, 11) is 0. The van der Waals surface area contributed by atoms with Crippen LogP contribution in [0.15, 0.2) is 0 Å². The van der Waals surface area contributed by atoms with E-state index in [0.717, 1.165) is 32.0 Å². The number of amides is 1. The van der Waals surface area contributed by atoms with Crippen molar-refractivity contribution in [3.63, 3.8) is 0 Å². The molecule has 2 saturated heterocycles. The van der Waals surface area contributed by atoms with E-state index in [2.05, 4.69) is 29.0 Å². The molecule has 122 valence electrons. The third kappa shape index (κ3) is 4.68. The van der Waals surface area contributed by atoms with Gasteiger partial charge in [0.1, 0.15) is 0 Å². The SMILES string of the molecule is CC(C)C(=O)NC1CCN(C2CCN(C(C)C)CC2)CC1. The van der Waals surface area contributed by atoms with Gasteiger partial charge in [-0.05, 0) is 52.6 Å². The number of nitrogens with one attached hydrogen (secondary N) is 1. The predicted octanol–water partition coefficient (Wildman–Crippen LogP) is 2.10. The lowest BCUT2D eigenvalue weighted by molar-refractivity contribution is -0.125. The Hall–Kier alpha value is -0.610. The van der Waals surface area contributed by atoms with Gasteiger partial charge in [-0.15, -0.1) is 0 Å². The van der Waals surface area contributed by atoms with Gasteiger partial charge >= 0.3 is 0 Å². The molecule has 2 rings (SSSR count). The fourth-order valence-corrected chi connectivity index (χ4v) is 3.54. The van der Waals surface area contributed by atoms with Crippen LogP contribution in [0.5, 0.6) is 0 Å². The van der Waals surface area contributed by atoms with Gasteiger partial charge in [-0.2, -0.15) is 0 Å². The van der Waals surface area contributed by atoms with Gasteiger partial charge in [-0.25, -0.2) is 0 Å². The topological polar surface area (TPSA) is 35.6 Å². The Kier molecular flexibility index (Phi) is 6.06. The summed E-state index contributed by atoms with van der Waals surface area (Å²) in [6.07, 6.45) is 4.84. The fraction of sp³-hybridized carbons (Fsp3) is 0.941. The molecule has 0 unspecified atom stereocenters. The lowest BCUT2D eigenvalue weighted by atomic mass is 9.97. The first-order valence-corrected chi connectivity index (χ1v) is 8.76. The maximum Gasteiger partial charge on any atom is 0.222 e. The highest BCUT2D eigenvalue weighted by molar-refractivity contribution is 5.78. The maximum atomic E-state index is 11.8. The smallest absolute Gasteiger partial charge is 0.222 e. The summed E-state index contributed by atoms with van der Waals surface area (Å²) in [6.45, 7) is 13.3. The molecule has 0 aromatic rings. The first-order chi connectivity index (χ1) is 9.97. The molecule has 0 aliphatic carbocycles. The molecular weight excluding hydrogens is 262 g/mol. The first kappa shape index (κ1) is 16.8. The van der Waals surface area contributed by atoms with Crippen LogP contribution in [0.3, 0.4) is 0 Å². The van der Waals surface area contributed by atoms with Crippen molar-refractivity contribution in [1.29, 1.82) is 0 Å². The van der Waals surface area contributed by atoms with Crippen molar-refractivity contribution in [3.8, 4) is 0 Å². The van der Waals surface area contributed by atoms with E-state index in [1.54, 1.807) is 0 Å². The Morgan fingerprint density at radius 2 is 1.52 bits per heavy atom. The summed E-state index contributed by atoms with van der Waals surface area (Å²) in [5.74, 6) is 0.307. The zero-order chi connectivity index (χ0) is 15.4. The van der Waals surface area contributed by atoms with Crippen molar-refractivity contribution >= 4 is 5.91 Å². The normalized spacial score (nSPS) is 23.9. The molecule has 0 radical (unpaired) electrons. The van der Waals surface area contributed by atoms with Crippen molar-refractivity contribution in [1.82, 2.24) is 15.1 Å². The summed E-state index contributed by atoms with van der Waals surface area (Å²) >= 11 is 0. The van der Waals surface area contributed by atoms with Crippen LogP contribution < -0.4 is 5.32 Å². The second-order valence-electron chi connectivity index (χ2n) is 7.33. The Bertz CT molecular complexity index is 327. The zero-order valence-electron chi connectivity index (χ0n) is 14.3. The number of hydrogen-bond donors (Lipinski definition) is 1. The molecule has 4 nitrogen and oxygen atoms in total. The van der Waals surface area contributed by atoms with E-state index in [9.17, 15) is 4.79 Å². The molecule has 2 aliphatic rings. The Morgan fingerprint density at radius 3 is 2.00 bits per heavy atom. The van der Waals surface area contributed by atoms with Gasteiger partial charge in [-0.3, -0.25) is 4.79 Å².